The summed E-state index contributed by atoms with van der Waals surface area (Å²) in [5.74, 6) is 1.23. The minimum absolute atomic E-state index is 0.321. The average Bonchev–Trinajstić information content (AvgIpc) is 2.54. The van der Waals surface area contributed by atoms with Crippen LogP contribution in [0.1, 0.15) is 87.0 Å². The Morgan fingerprint density at radius 1 is 0.962 bits per heavy atom. The monoisotopic (exact) mass is 364 g/mol. The van der Waals surface area contributed by atoms with Crippen LogP contribution >= 0.6 is 0 Å². The smallest absolute Gasteiger partial charge is 0.222 e. The molecular formula is C23H44N2O. The molecule has 0 saturated carbocycles. The number of likely N-dealkylation sites (tertiary alicyclic amines) is 2. The fourth-order valence-corrected chi connectivity index (χ4v) is 4.63. The maximum Gasteiger partial charge on any atom is 0.222 e. The molecule has 2 heterocycles. The molecule has 0 aromatic heterocycles. The molecule has 0 N–H and O–H groups in total. The van der Waals surface area contributed by atoms with E-state index in [0.29, 0.717) is 22.2 Å². The number of hydrogen-bond acceptors (Lipinski definition) is 2. The summed E-state index contributed by atoms with van der Waals surface area (Å²) in [6, 6.07) is 0. The van der Waals surface area contributed by atoms with E-state index in [1.165, 1.54) is 25.9 Å². The third-order valence-corrected chi connectivity index (χ3v) is 7.71. The molecule has 2 rings (SSSR count). The molecule has 2 aliphatic rings. The Bertz CT molecular complexity index is 456. The van der Waals surface area contributed by atoms with E-state index in [1.54, 1.807) is 0 Å². The molecule has 152 valence electrons. The first-order valence-corrected chi connectivity index (χ1v) is 10.9. The third kappa shape index (κ3) is 5.47. The molecule has 2 saturated heterocycles. The SMILES string of the molecule is CC(C)(C)C1CCN(CCCC(=O)N2CCC(C)(C(C)(C)C)CC2)CC1. The zero-order valence-corrected chi connectivity index (χ0v) is 18.7. The molecule has 0 aromatic rings. The normalized spacial score (nSPS) is 23.3. The summed E-state index contributed by atoms with van der Waals surface area (Å²) in [5.41, 5.74) is 1.13. The third-order valence-electron chi connectivity index (χ3n) is 7.71. The first kappa shape index (κ1) is 21.7. The van der Waals surface area contributed by atoms with Crippen LogP contribution in [-0.2, 0) is 4.79 Å². The zero-order chi connectivity index (χ0) is 19.6. The molecule has 0 bridgehead atoms. The van der Waals surface area contributed by atoms with Crippen LogP contribution in [0.15, 0.2) is 0 Å². The Hall–Kier alpha value is -0.570. The van der Waals surface area contributed by atoms with Crippen molar-refractivity contribution in [1.29, 1.82) is 0 Å². The van der Waals surface area contributed by atoms with Crippen molar-refractivity contribution in [3.63, 3.8) is 0 Å². The van der Waals surface area contributed by atoms with Gasteiger partial charge in [0, 0.05) is 19.5 Å². The van der Waals surface area contributed by atoms with E-state index in [9.17, 15) is 4.79 Å². The van der Waals surface area contributed by atoms with Gasteiger partial charge in [-0.05, 0) is 73.9 Å². The number of piperidine rings is 2. The number of nitrogens with zero attached hydrogens (tertiary/aromatic N) is 2. The molecule has 0 aromatic carbocycles. The Kier molecular flexibility index (Phi) is 6.86. The van der Waals surface area contributed by atoms with E-state index in [1.807, 2.05) is 0 Å². The van der Waals surface area contributed by atoms with Gasteiger partial charge in [0.15, 0.2) is 0 Å². The summed E-state index contributed by atoms with van der Waals surface area (Å²) in [6.07, 6.45) is 6.66. The lowest BCUT2D eigenvalue weighted by molar-refractivity contribution is -0.134. The van der Waals surface area contributed by atoms with Crippen molar-refractivity contribution in [3.05, 3.63) is 0 Å². The molecule has 26 heavy (non-hydrogen) atoms. The lowest BCUT2D eigenvalue weighted by Crippen LogP contribution is -2.47. The summed E-state index contributed by atoms with van der Waals surface area (Å²) in [7, 11) is 0. The summed E-state index contributed by atoms with van der Waals surface area (Å²) in [5, 5.41) is 0. The van der Waals surface area contributed by atoms with Crippen molar-refractivity contribution >= 4 is 5.91 Å². The largest absolute Gasteiger partial charge is 0.343 e. The lowest BCUT2D eigenvalue weighted by atomic mass is 9.63. The molecule has 0 spiro atoms. The fraction of sp³-hybridized carbons (Fsp3) is 0.957. The quantitative estimate of drug-likeness (QED) is 0.684. The topological polar surface area (TPSA) is 23.6 Å². The van der Waals surface area contributed by atoms with Crippen molar-refractivity contribution in [1.82, 2.24) is 9.80 Å². The first-order chi connectivity index (χ1) is 11.9. The van der Waals surface area contributed by atoms with Crippen molar-refractivity contribution in [3.8, 4) is 0 Å². The zero-order valence-electron chi connectivity index (χ0n) is 18.7. The molecule has 3 nitrogen and oxygen atoms in total. The number of carbonyl (C=O) groups excluding carboxylic acids is 1. The highest BCUT2D eigenvalue weighted by atomic mass is 16.2. The van der Waals surface area contributed by atoms with E-state index >= 15 is 0 Å². The van der Waals surface area contributed by atoms with Gasteiger partial charge in [-0.25, -0.2) is 0 Å². The highest BCUT2D eigenvalue weighted by molar-refractivity contribution is 5.76. The molecule has 2 fully saturated rings. The first-order valence-electron chi connectivity index (χ1n) is 10.9. The van der Waals surface area contributed by atoms with E-state index in [0.717, 1.165) is 51.2 Å². The molecule has 0 radical (unpaired) electrons. The van der Waals surface area contributed by atoms with Gasteiger partial charge in [-0.3, -0.25) is 4.79 Å². The highest BCUT2D eigenvalue weighted by Gasteiger charge is 2.40. The van der Waals surface area contributed by atoms with Gasteiger partial charge in [0.1, 0.15) is 0 Å². The van der Waals surface area contributed by atoms with Gasteiger partial charge >= 0.3 is 0 Å². The van der Waals surface area contributed by atoms with Crippen molar-refractivity contribution in [2.75, 3.05) is 32.7 Å². The molecular weight excluding hydrogens is 320 g/mol. The van der Waals surface area contributed by atoms with E-state index < -0.39 is 0 Å². The maximum absolute atomic E-state index is 12.6. The Morgan fingerprint density at radius 2 is 1.50 bits per heavy atom. The second-order valence-electron chi connectivity index (χ2n) is 11.3. The van der Waals surface area contributed by atoms with Crippen molar-refractivity contribution < 1.29 is 4.79 Å². The summed E-state index contributed by atoms with van der Waals surface area (Å²) >= 11 is 0. The Balaban J connectivity index is 1.66. The fourth-order valence-electron chi connectivity index (χ4n) is 4.63. The van der Waals surface area contributed by atoms with Crippen LogP contribution in [0, 0.1) is 22.2 Å². The minimum atomic E-state index is 0.321. The van der Waals surface area contributed by atoms with Crippen molar-refractivity contribution in [2.24, 2.45) is 22.2 Å². The summed E-state index contributed by atoms with van der Waals surface area (Å²) in [6.45, 7) is 21.9. The summed E-state index contributed by atoms with van der Waals surface area (Å²) < 4.78 is 0. The van der Waals surface area contributed by atoms with Gasteiger partial charge in [-0.2, -0.15) is 0 Å². The molecule has 0 atom stereocenters. The van der Waals surface area contributed by atoms with Gasteiger partial charge in [0.25, 0.3) is 0 Å². The van der Waals surface area contributed by atoms with Crippen LogP contribution in [0.5, 0.6) is 0 Å². The maximum atomic E-state index is 12.6. The van der Waals surface area contributed by atoms with Gasteiger partial charge < -0.3 is 9.80 Å². The number of carbonyl (C=O) groups is 1. The van der Waals surface area contributed by atoms with Crippen molar-refractivity contribution in [2.45, 2.75) is 87.0 Å². The average molecular weight is 365 g/mol. The van der Waals surface area contributed by atoms with Crippen LogP contribution in [0.2, 0.25) is 0 Å². The van der Waals surface area contributed by atoms with Gasteiger partial charge in [0.2, 0.25) is 5.91 Å². The number of rotatable bonds is 4. The predicted octanol–water partition coefficient (Wildman–Crippen LogP) is 5.20. The van der Waals surface area contributed by atoms with Crippen LogP contribution in [-0.4, -0.2) is 48.4 Å². The lowest BCUT2D eigenvalue weighted by Gasteiger charge is -2.48. The Morgan fingerprint density at radius 3 is 1.96 bits per heavy atom. The second kappa shape index (κ2) is 8.20. The standard InChI is InChI=1S/C23H44N2O/c1-21(2,3)19-10-15-24(16-11-19)14-8-9-20(26)25-17-12-23(7,13-18-25)22(4,5)6/h19H,8-18H2,1-7H3. The van der Waals surface area contributed by atoms with Crippen LogP contribution in [0.3, 0.4) is 0 Å². The van der Waals surface area contributed by atoms with Gasteiger partial charge in [0.05, 0.1) is 0 Å². The predicted molar refractivity (Wildman–Crippen MR) is 111 cm³/mol. The molecule has 0 aliphatic carbocycles. The van der Waals surface area contributed by atoms with E-state index in [2.05, 4.69) is 58.3 Å². The van der Waals surface area contributed by atoms with Gasteiger partial charge in [-0.15, -0.1) is 0 Å². The molecule has 2 aliphatic heterocycles. The summed E-state index contributed by atoms with van der Waals surface area (Å²) in [4.78, 5) is 17.3. The van der Waals surface area contributed by atoms with Crippen LogP contribution in [0.25, 0.3) is 0 Å². The molecule has 0 unspecified atom stereocenters. The second-order valence-corrected chi connectivity index (χ2v) is 11.3. The number of amides is 1. The Labute approximate surface area is 162 Å². The van der Waals surface area contributed by atoms with E-state index in [4.69, 9.17) is 0 Å². The van der Waals surface area contributed by atoms with Crippen LogP contribution in [0.4, 0.5) is 0 Å². The molecule has 1 amide bonds. The van der Waals surface area contributed by atoms with E-state index in [-0.39, 0.29) is 0 Å². The number of hydrogen-bond donors (Lipinski definition) is 0. The minimum Gasteiger partial charge on any atom is -0.343 e. The highest BCUT2D eigenvalue weighted by Crippen LogP contribution is 2.46. The molecule has 3 heteroatoms. The van der Waals surface area contributed by atoms with Gasteiger partial charge in [-0.1, -0.05) is 48.5 Å². The van der Waals surface area contributed by atoms with Crippen LogP contribution < -0.4 is 0 Å².